The number of benzene rings is 1. The SMILES string of the molecule is CCCCO[C@H](C(F)F)[C@H](OC)[C@](C)(N=[N+]=[N-])c1ccccc1C. The summed E-state index contributed by atoms with van der Waals surface area (Å²) in [6.45, 7) is 5.59. The molecule has 0 saturated carbocycles. The fourth-order valence-corrected chi connectivity index (χ4v) is 2.84. The first-order valence-electron chi connectivity index (χ1n) is 7.97. The first-order chi connectivity index (χ1) is 11.4. The molecular formula is C17H25F2N3O2. The predicted octanol–water partition coefficient (Wildman–Crippen LogP) is 4.99. The summed E-state index contributed by atoms with van der Waals surface area (Å²) in [6.07, 6.45) is -3.87. The van der Waals surface area contributed by atoms with Gasteiger partial charge in [0.25, 0.3) is 6.43 Å². The molecule has 0 N–H and O–H groups in total. The summed E-state index contributed by atoms with van der Waals surface area (Å²) in [7, 11) is 1.33. The van der Waals surface area contributed by atoms with Gasteiger partial charge in [-0.05, 0) is 36.9 Å². The van der Waals surface area contributed by atoms with Crippen molar-refractivity contribution in [1.82, 2.24) is 0 Å². The van der Waals surface area contributed by atoms with Crippen LogP contribution >= 0.6 is 0 Å². The van der Waals surface area contributed by atoms with Gasteiger partial charge in [0.1, 0.15) is 17.7 Å². The second kappa shape index (κ2) is 9.57. The van der Waals surface area contributed by atoms with Crippen molar-refractivity contribution in [3.8, 4) is 0 Å². The Kier molecular flexibility index (Phi) is 8.11. The van der Waals surface area contributed by atoms with Crippen LogP contribution in [0.15, 0.2) is 29.4 Å². The molecule has 0 heterocycles. The highest BCUT2D eigenvalue weighted by atomic mass is 19.3. The van der Waals surface area contributed by atoms with Crippen molar-refractivity contribution in [2.45, 2.75) is 57.8 Å². The number of ether oxygens (including phenoxy) is 2. The highest BCUT2D eigenvalue weighted by molar-refractivity contribution is 5.34. The van der Waals surface area contributed by atoms with E-state index in [0.717, 1.165) is 12.0 Å². The zero-order valence-corrected chi connectivity index (χ0v) is 14.6. The predicted molar refractivity (Wildman–Crippen MR) is 89.1 cm³/mol. The normalized spacial score (nSPS) is 16.3. The van der Waals surface area contributed by atoms with E-state index in [-0.39, 0.29) is 6.61 Å². The van der Waals surface area contributed by atoms with Crippen LogP contribution < -0.4 is 0 Å². The molecule has 0 saturated heterocycles. The maximum absolute atomic E-state index is 13.6. The first-order valence-corrected chi connectivity index (χ1v) is 7.97. The number of nitrogens with zero attached hydrogens (tertiary/aromatic N) is 3. The molecule has 1 aromatic carbocycles. The number of methoxy groups -OCH3 is 1. The topological polar surface area (TPSA) is 67.2 Å². The number of azide groups is 1. The van der Waals surface area contributed by atoms with E-state index in [1.165, 1.54) is 7.11 Å². The molecule has 0 fully saturated rings. The van der Waals surface area contributed by atoms with Crippen LogP contribution in [-0.2, 0) is 15.0 Å². The largest absolute Gasteiger partial charge is 0.377 e. The lowest BCUT2D eigenvalue weighted by Crippen LogP contribution is -2.49. The molecule has 3 atom stereocenters. The van der Waals surface area contributed by atoms with E-state index in [9.17, 15) is 8.78 Å². The molecule has 134 valence electrons. The molecule has 24 heavy (non-hydrogen) atoms. The van der Waals surface area contributed by atoms with E-state index in [1.54, 1.807) is 19.1 Å². The summed E-state index contributed by atoms with van der Waals surface area (Å²) in [5.74, 6) is 0. The molecule has 1 rings (SSSR count). The van der Waals surface area contributed by atoms with Gasteiger partial charge in [0.15, 0.2) is 0 Å². The Bertz CT molecular complexity index is 565. The zero-order valence-electron chi connectivity index (χ0n) is 14.6. The molecule has 0 bridgehead atoms. The highest BCUT2D eigenvalue weighted by Crippen LogP contribution is 2.37. The third-order valence-electron chi connectivity index (χ3n) is 4.11. The zero-order chi connectivity index (χ0) is 18.2. The molecule has 0 unspecified atom stereocenters. The summed E-state index contributed by atoms with van der Waals surface area (Å²) < 4.78 is 38.0. The molecule has 5 nitrogen and oxygen atoms in total. The number of hydrogen-bond acceptors (Lipinski definition) is 3. The quantitative estimate of drug-likeness (QED) is 0.260. The highest BCUT2D eigenvalue weighted by Gasteiger charge is 2.45. The molecule has 0 amide bonds. The van der Waals surface area contributed by atoms with E-state index in [0.29, 0.717) is 12.0 Å². The molecule has 1 aromatic rings. The molecule has 7 heteroatoms. The molecule has 0 aromatic heterocycles. The number of aryl methyl sites for hydroxylation is 1. The van der Waals surface area contributed by atoms with Crippen LogP contribution in [0.3, 0.4) is 0 Å². The second-order valence-electron chi connectivity index (χ2n) is 5.83. The van der Waals surface area contributed by atoms with Crippen molar-refractivity contribution in [3.63, 3.8) is 0 Å². The van der Waals surface area contributed by atoms with E-state index in [1.807, 2.05) is 26.0 Å². The van der Waals surface area contributed by atoms with Crippen LogP contribution in [0.25, 0.3) is 10.4 Å². The Labute approximate surface area is 141 Å². The third-order valence-corrected chi connectivity index (χ3v) is 4.11. The third kappa shape index (κ3) is 4.66. The number of unbranched alkanes of at least 4 members (excludes halogenated alkanes) is 1. The van der Waals surface area contributed by atoms with Gasteiger partial charge in [0, 0.05) is 18.6 Å². The molecule has 0 aliphatic heterocycles. The van der Waals surface area contributed by atoms with Crippen LogP contribution in [0.2, 0.25) is 0 Å². The van der Waals surface area contributed by atoms with Crippen LogP contribution in [-0.4, -0.2) is 32.4 Å². The Morgan fingerprint density at radius 3 is 2.50 bits per heavy atom. The van der Waals surface area contributed by atoms with Crippen molar-refractivity contribution in [2.75, 3.05) is 13.7 Å². The minimum Gasteiger partial charge on any atom is -0.377 e. The Hall–Kier alpha value is -1.69. The van der Waals surface area contributed by atoms with Gasteiger partial charge in [0.2, 0.25) is 0 Å². The second-order valence-corrected chi connectivity index (χ2v) is 5.83. The van der Waals surface area contributed by atoms with Gasteiger partial charge in [-0.2, -0.15) is 0 Å². The molecule has 0 aliphatic rings. The lowest BCUT2D eigenvalue weighted by Gasteiger charge is -2.38. The lowest BCUT2D eigenvalue weighted by atomic mass is 9.82. The fourth-order valence-electron chi connectivity index (χ4n) is 2.84. The summed E-state index contributed by atoms with van der Waals surface area (Å²) in [5.41, 5.74) is 9.16. The van der Waals surface area contributed by atoms with Crippen molar-refractivity contribution in [1.29, 1.82) is 0 Å². The standard InChI is InChI=1S/C17H25F2N3O2/c1-5-6-11-24-14(16(18)19)15(23-4)17(3,21-22-20)13-10-8-7-9-12(13)2/h7-10,14-16H,5-6,11H2,1-4H3/t14-,15-,17+/m0/s1. The Morgan fingerprint density at radius 1 is 1.33 bits per heavy atom. The maximum Gasteiger partial charge on any atom is 0.266 e. The monoisotopic (exact) mass is 341 g/mol. The molecule has 0 spiro atoms. The number of alkyl halides is 2. The van der Waals surface area contributed by atoms with Crippen molar-refractivity contribution >= 4 is 0 Å². The molecule has 0 aliphatic carbocycles. The minimum absolute atomic E-state index is 0.200. The Morgan fingerprint density at radius 2 is 2.00 bits per heavy atom. The first kappa shape index (κ1) is 20.4. The minimum atomic E-state index is -2.76. The average Bonchev–Trinajstić information content (AvgIpc) is 2.54. The van der Waals surface area contributed by atoms with Crippen molar-refractivity contribution in [2.24, 2.45) is 5.11 Å². The van der Waals surface area contributed by atoms with Gasteiger partial charge in [-0.25, -0.2) is 8.78 Å². The van der Waals surface area contributed by atoms with Gasteiger partial charge >= 0.3 is 0 Å². The van der Waals surface area contributed by atoms with Crippen LogP contribution in [0.1, 0.15) is 37.8 Å². The number of hydrogen-bond donors (Lipinski definition) is 0. The van der Waals surface area contributed by atoms with Crippen LogP contribution in [0.5, 0.6) is 0 Å². The number of rotatable bonds is 10. The van der Waals surface area contributed by atoms with Gasteiger partial charge in [-0.1, -0.05) is 42.7 Å². The average molecular weight is 341 g/mol. The smallest absolute Gasteiger partial charge is 0.266 e. The molecular weight excluding hydrogens is 316 g/mol. The van der Waals surface area contributed by atoms with Crippen molar-refractivity contribution in [3.05, 3.63) is 45.8 Å². The van der Waals surface area contributed by atoms with Gasteiger partial charge in [-0.15, -0.1) is 0 Å². The van der Waals surface area contributed by atoms with E-state index >= 15 is 0 Å². The maximum atomic E-state index is 13.6. The van der Waals surface area contributed by atoms with Gasteiger partial charge < -0.3 is 9.47 Å². The Balaban J connectivity index is 3.31. The summed E-state index contributed by atoms with van der Waals surface area (Å²) in [5, 5.41) is 3.83. The van der Waals surface area contributed by atoms with Crippen LogP contribution in [0.4, 0.5) is 8.78 Å². The lowest BCUT2D eigenvalue weighted by molar-refractivity contribution is -0.145. The summed E-state index contributed by atoms with van der Waals surface area (Å²) in [4.78, 5) is 2.88. The molecule has 0 radical (unpaired) electrons. The van der Waals surface area contributed by atoms with E-state index < -0.39 is 24.2 Å². The number of halogens is 2. The van der Waals surface area contributed by atoms with Gasteiger partial charge in [-0.3, -0.25) is 0 Å². The fraction of sp³-hybridized carbons (Fsp3) is 0.647. The summed E-state index contributed by atoms with van der Waals surface area (Å²) in [6, 6.07) is 7.20. The van der Waals surface area contributed by atoms with Crippen molar-refractivity contribution < 1.29 is 18.3 Å². The van der Waals surface area contributed by atoms with E-state index in [4.69, 9.17) is 15.0 Å². The van der Waals surface area contributed by atoms with E-state index in [2.05, 4.69) is 10.0 Å². The van der Waals surface area contributed by atoms with Crippen LogP contribution in [0, 0.1) is 6.92 Å². The summed E-state index contributed by atoms with van der Waals surface area (Å²) >= 11 is 0. The van der Waals surface area contributed by atoms with Gasteiger partial charge in [0.05, 0.1) is 0 Å².